The highest BCUT2D eigenvalue weighted by molar-refractivity contribution is 5.15. The molecule has 18 heavy (non-hydrogen) atoms. The summed E-state index contributed by atoms with van der Waals surface area (Å²) in [5, 5.41) is 0. The number of benzene rings is 1. The molecule has 0 aromatic heterocycles. The van der Waals surface area contributed by atoms with Crippen molar-refractivity contribution >= 4 is 0 Å². The topological polar surface area (TPSA) is 29.3 Å². The van der Waals surface area contributed by atoms with Gasteiger partial charge in [0, 0.05) is 24.7 Å². The summed E-state index contributed by atoms with van der Waals surface area (Å²) < 4.78 is 0. The molecule has 1 heterocycles. The fourth-order valence-electron chi connectivity index (χ4n) is 3.22. The first-order chi connectivity index (χ1) is 8.74. The highest BCUT2D eigenvalue weighted by Crippen LogP contribution is 2.28. The molecule has 2 heteroatoms. The molecule has 1 fully saturated rings. The normalized spacial score (nSPS) is 29.4. The first-order valence-electron chi connectivity index (χ1n) is 7.29. The molecule has 3 atom stereocenters. The number of likely N-dealkylation sites (tertiary alicyclic amines) is 1. The summed E-state index contributed by atoms with van der Waals surface area (Å²) in [5.41, 5.74) is 7.62. The lowest BCUT2D eigenvalue weighted by atomic mass is 9.88. The maximum atomic E-state index is 6.20. The van der Waals surface area contributed by atoms with E-state index in [0.717, 1.165) is 19.4 Å². The van der Waals surface area contributed by atoms with E-state index in [-0.39, 0.29) is 0 Å². The van der Waals surface area contributed by atoms with Crippen molar-refractivity contribution in [2.75, 3.05) is 0 Å². The molecule has 1 aliphatic heterocycles. The standard InChI is InChI=1S/C16H26N2/c1-3-15-10-14(17)11-16(4-2)18(15)12-13-8-6-5-7-9-13/h5-9,14-16H,3-4,10-12,17H2,1-2H3/t14-,15-,16+. The van der Waals surface area contributed by atoms with Crippen LogP contribution in [0.1, 0.15) is 45.1 Å². The summed E-state index contributed by atoms with van der Waals surface area (Å²) in [6, 6.07) is 12.5. The van der Waals surface area contributed by atoms with Gasteiger partial charge in [0.25, 0.3) is 0 Å². The molecular formula is C16H26N2. The zero-order valence-corrected chi connectivity index (χ0v) is 11.7. The molecule has 1 aromatic carbocycles. The van der Waals surface area contributed by atoms with Gasteiger partial charge in [-0.3, -0.25) is 4.90 Å². The molecule has 1 saturated heterocycles. The van der Waals surface area contributed by atoms with Crippen LogP contribution >= 0.6 is 0 Å². The van der Waals surface area contributed by atoms with E-state index in [2.05, 4.69) is 49.1 Å². The molecule has 2 N–H and O–H groups in total. The Bertz CT molecular complexity index is 335. The second kappa shape index (κ2) is 6.35. The lowest BCUT2D eigenvalue weighted by Gasteiger charge is -2.44. The van der Waals surface area contributed by atoms with Crippen molar-refractivity contribution in [2.24, 2.45) is 5.73 Å². The second-order valence-corrected chi connectivity index (χ2v) is 5.51. The first-order valence-corrected chi connectivity index (χ1v) is 7.29. The molecule has 0 bridgehead atoms. The van der Waals surface area contributed by atoms with Crippen LogP contribution in [-0.4, -0.2) is 23.0 Å². The summed E-state index contributed by atoms with van der Waals surface area (Å²) in [6.07, 6.45) is 4.72. The van der Waals surface area contributed by atoms with Crippen LogP contribution in [-0.2, 0) is 6.54 Å². The van der Waals surface area contributed by atoms with E-state index >= 15 is 0 Å². The number of hydrogen-bond donors (Lipinski definition) is 1. The second-order valence-electron chi connectivity index (χ2n) is 5.51. The Morgan fingerprint density at radius 1 is 1.06 bits per heavy atom. The van der Waals surface area contributed by atoms with E-state index in [4.69, 9.17) is 5.73 Å². The van der Waals surface area contributed by atoms with E-state index < -0.39 is 0 Å². The minimum atomic E-state index is 0.395. The average Bonchev–Trinajstić information content (AvgIpc) is 2.41. The Morgan fingerprint density at radius 2 is 1.61 bits per heavy atom. The molecule has 2 rings (SSSR count). The van der Waals surface area contributed by atoms with E-state index in [1.54, 1.807) is 0 Å². The Kier molecular flexibility index (Phi) is 4.79. The molecule has 0 amide bonds. The Morgan fingerprint density at radius 3 is 2.11 bits per heavy atom. The molecule has 0 unspecified atom stereocenters. The van der Waals surface area contributed by atoms with Crippen molar-refractivity contribution in [2.45, 2.75) is 64.2 Å². The molecule has 0 radical (unpaired) electrons. The van der Waals surface area contributed by atoms with Crippen molar-refractivity contribution < 1.29 is 0 Å². The van der Waals surface area contributed by atoms with Crippen LogP contribution in [0.5, 0.6) is 0 Å². The van der Waals surface area contributed by atoms with Crippen LogP contribution in [0, 0.1) is 0 Å². The van der Waals surface area contributed by atoms with E-state index in [0.29, 0.717) is 18.1 Å². The van der Waals surface area contributed by atoms with Gasteiger partial charge in [-0.05, 0) is 31.2 Å². The number of piperidine rings is 1. The molecule has 0 saturated carbocycles. The van der Waals surface area contributed by atoms with Crippen molar-refractivity contribution in [1.29, 1.82) is 0 Å². The molecule has 100 valence electrons. The Hall–Kier alpha value is -0.860. The Balaban J connectivity index is 2.11. The van der Waals surface area contributed by atoms with Crippen molar-refractivity contribution in [3.05, 3.63) is 35.9 Å². The molecule has 1 aromatic rings. The van der Waals surface area contributed by atoms with Crippen LogP contribution in [0.3, 0.4) is 0 Å². The minimum absolute atomic E-state index is 0.395. The summed E-state index contributed by atoms with van der Waals surface area (Å²) in [7, 11) is 0. The van der Waals surface area contributed by atoms with Gasteiger partial charge in [-0.1, -0.05) is 44.2 Å². The number of hydrogen-bond acceptors (Lipinski definition) is 2. The zero-order chi connectivity index (χ0) is 13.0. The number of rotatable bonds is 4. The Labute approximate surface area is 111 Å². The van der Waals surface area contributed by atoms with Crippen molar-refractivity contribution in [1.82, 2.24) is 4.90 Å². The van der Waals surface area contributed by atoms with Crippen LogP contribution in [0.15, 0.2) is 30.3 Å². The third-order valence-corrected chi connectivity index (χ3v) is 4.24. The van der Waals surface area contributed by atoms with Gasteiger partial charge >= 0.3 is 0 Å². The van der Waals surface area contributed by atoms with Crippen LogP contribution in [0.2, 0.25) is 0 Å². The van der Waals surface area contributed by atoms with Crippen molar-refractivity contribution in [3.63, 3.8) is 0 Å². The van der Waals surface area contributed by atoms with Gasteiger partial charge in [0.2, 0.25) is 0 Å². The lowest BCUT2D eigenvalue weighted by Crippen LogP contribution is -2.51. The monoisotopic (exact) mass is 246 g/mol. The predicted octanol–water partition coefficient (Wildman–Crippen LogP) is 3.17. The van der Waals surface area contributed by atoms with Crippen LogP contribution < -0.4 is 5.73 Å². The summed E-state index contributed by atoms with van der Waals surface area (Å²) in [4.78, 5) is 2.68. The molecule has 2 nitrogen and oxygen atoms in total. The summed E-state index contributed by atoms with van der Waals surface area (Å²) in [6.45, 7) is 5.64. The van der Waals surface area contributed by atoms with Gasteiger partial charge in [-0.2, -0.15) is 0 Å². The quantitative estimate of drug-likeness (QED) is 0.884. The van der Waals surface area contributed by atoms with Crippen LogP contribution in [0.25, 0.3) is 0 Å². The van der Waals surface area contributed by atoms with Gasteiger partial charge < -0.3 is 5.73 Å². The highest BCUT2D eigenvalue weighted by atomic mass is 15.2. The van der Waals surface area contributed by atoms with Gasteiger partial charge in [0.15, 0.2) is 0 Å². The van der Waals surface area contributed by atoms with Gasteiger partial charge in [0.1, 0.15) is 0 Å². The smallest absolute Gasteiger partial charge is 0.0239 e. The average molecular weight is 246 g/mol. The predicted molar refractivity (Wildman–Crippen MR) is 77.4 cm³/mol. The molecule has 0 spiro atoms. The largest absolute Gasteiger partial charge is 0.328 e. The fourth-order valence-corrected chi connectivity index (χ4v) is 3.22. The van der Waals surface area contributed by atoms with Crippen LogP contribution in [0.4, 0.5) is 0 Å². The van der Waals surface area contributed by atoms with Gasteiger partial charge in [-0.15, -0.1) is 0 Å². The number of nitrogens with zero attached hydrogens (tertiary/aromatic N) is 1. The third-order valence-electron chi connectivity index (χ3n) is 4.24. The SMILES string of the molecule is CC[C@@H]1C[C@@H](N)C[C@H](CC)N1Cc1ccccc1. The van der Waals surface area contributed by atoms with E-state index in [1.807, 2.05) is 0 Å². The number of nitrogens with two attached hydrogens (primary N) is 1. The maximum absolute atomic E-state index is 6.20. The van der Waals surface area contributed by atoms with Gasteiger partial charge in [0.05, 0.1) is 0 Å². The maximum Gasteiger partial charge on any atom is 0.0239 e. The molecule has 0 aliphatic carbocycles. The highest BCUT2D eigenvalue weighted by Gasteiger charge is 2.31. The van der Waals surface area contributed by atoms with E-state index in [9.17, 15) is 0 Å². The molecular weight excluding hydrogens is 220 g/mol. The van der Waals surface area contributed by atoms with E-state index in [1.165, 1.54) is 18.4 Å². The zero-order valence-electron chi connectivity index (χ0n) is 11.7. The lowest BCUT2D eigenvalue weighted by molar-refractivity contribution is 0.0596. The van der Waals surface area contributed by atoms with Crippen molar-refractivity contribution in [3.8, 4) is 0 Å². The fraction of sp³-hybridized carbons (Fsp3) is 0.625. The molecule has 1 aliphatic rings. The summed E-state index contributed by atoms with van der Waals surface area (Å²) in [5.74, 6) is 0. The first kappa shape index (κ1) is 13.6. The van der Waals surface area contributed by atoms with Gasteiger partial charge in [-0.25, -0.2) is 0 Å². The summed E-state index contributed by atoms with van der Waals surface area (Å²) >= 11 is 0. The minimum Gasteiger partial charge on any atom is -0.328 e. The third kappa shape index (κ3) is 3.12.